The molecule has 14 heteroatoms. The van der Waals surface area contributed by atoms with Crippen LogP contribution in [0.2, 0.25) is 0 Å². The molecule has 8 nitrogen and oxygen atoms in total. The van der Waals surface area contributed by atoms with Crippen LogP contribution in [0.5, 0.6) is 5.75 Å². The number of amides is 1. The highest BCUT2D eigenvalue weighted by molar-refractivity contribution is 8.00. The Balaban J connectivity index is 1.32. The summed E-state index contributed by atoms with van der Waals surface area (Å²) in [5.74, 6) is 5.78. The predicted molar refractivity (Wildman–Crippen MR) is 150 cm³/mol. The monoisotopic (exact) mass is 608 g/mol. The molecule has 0 unspecified atom stereocenters. The molecule has 2 fully saturated rings. The van der Waals surface area contributed by atoms with Crippen LogP contribution in [0.15, 0.2) is 41.6 Å². The van der Waals surface area contributed by atoms with Gasteiger partial charge < -0.3 is 20.7 Å². The van der Waals surface area contributed by atoms with E-state index in [9.17, 15) is 26.7 Å². The van der Waals surface area contributed by atoms with Crippen LogP contribution in [0, 0.1) is 17.3 Å². The average Bonchev–Trinajstić information content (AvgIpc) is 3.24. The van der Waals surface area contributed by atoms with Gasteiger partial charge in [0.15, 0.2) is 5.65 Å². The van der Waals surface area contributed by atoms with Crippen LogP contribution in [0.25, 0.3) is 5.65 Å². The number of hydrogen-bond acceptors (Lipinski definition) is 7. The minimum atomic E-state index is -4.56. The van der Waals surface area contributed by atoms with Crippen LogP contribution in [0.4, 0.5) is 33.3 Å². The van der Waals surface area contributed by atoms with E-state index in [4.69, 9.17) is 4.74 Å². The van der Waals surface area contributed by atoms with E-state index >= 15 is 0 Å². The maximum absolute atomic E-state index is 13.5. The number of thioether (sulfide) groups is 1. The number of hydrogen-bond donors (Lipinski definition) is 3. The van der Waals surface area contributed by atoms with Crippen molar-refractivity contribution in [1.29, 1.82) is 0 Å². The number of nitrogens with zero attached hydrogens (tertiary/aromatic N) is 3. The number of alkyl halides is 5. The summed E-state index contributed by atoms with van der Waals surface area (Å²) in [7, 11) is 2.99. The van der Waals surface area contributed by atoms with Gasteiger partial charge in [0.2, 0.25) is 0 Å². The summed E-state index contributed by atoms with van der Waals surface area (Å²) in [5, 5.41) is 8.81. The quantitative estimate of drug-likeness (QED) is 0.181. The summed E-state index contributed by atoms with van der Waals surface area (Å²) in [5.41, 5.74) is -2.76. The first-order valence-electron chi connectivity index (χ1n) is 13.2. The lowest BCUT2D eigenvalue weighted by Gasteiger charge is -2.59. The fraction of sp³-hybridized carbons (Fsp3) is 0.429. The van der Waals surface area contributed by atoms with Crippen LogP contribution < -0.4 is 20.7 Å². The second-order valence-electron chi connectivity index (χ2n) is 10.4. The number of anilines is 2. The molecule has 1 amide bonds. The summed E-state index contributed by atoms with van der Waals surface area (Å²) in [6, 6.07) is 8.30. The number of carbonyl (C=O) groups excluding carboxylic acids is 1. The molecule has 1 saturated carbocycles. The Labute approximate surface area is 243 Å². The van der Waals surface area contributed by atoms with Crippen molar-refractivity contribution in [1.82, 2.24) is 19.6 Å². The number of halogens is 5. The Morgan fingerprint density at radius 3 is 2.67 bits per heavy atom. The molecule has 1 aromatic carbocycles. The lowest BCUT2D eigenvalue weighted by molar-refractivity contribution is -0.0863. The summed E-state index contributed by atoms with van der Waals surface area (Å²) in [6.45, 7) is 1.09. The third-order valence-electron chi connectivity index (χ3n) is 7.31. The van der Waals surface area contributed by atoms with Crippen molar-refractivity contribution in [3.8, 4) is 17.6 Å². The van der Waals surface area contributed by atoms with Crippen molar-refractivity contribution in [2.45, 2.75) is 35.8 Å². The molecule has 5 rings (SSSR count). The Kier molecular flexibility index (Phi) is 8.43. The van der Waals surface area contributed by atoms with E-state index in [1.165, 1.54) is 24.8 Å². The first-order valence-corrected chi connectivity index (χ1v) is 14.0. The van der Waals surface area contributed by atoms with Gasteiger partial charge in [-0.3, -0.25) is 14.1 Å². The van der Waals surface area contributed by atoms with Gasteiger partial charge in [0.05, 0.1) is 31.6 Å². The molecule has 0 atom stereocenters. The van der Waals surface area contributed by atoms with Gasteiger partial charge in [0.1, 0.15) is 16.5 Å². The SMILES string of the molecule is CNC(=O)c1ccc(OC)c(NCC#Cc2nc3c(NC4CC5(C4)CN(CC(F)F)C5)cccn3c2SC(F)(F)F)c1. The number of benzene rings is 1. The molecule has 2 aliphatic rings. The number of imidazole rings is 1. The lowest BCUT2D eigenvalue weighted by Crippen LogP contribution is -2.65. The molecule has 3 aromatic rings. The van der Waals surface area contributed by atoms with E-state index in [1.807, 2.05) is 0 Å². The van der Waals surface area contributed by atoms with Gasteiger partial charge in [-0.05, 0) is 54.5 Å². The van der Waals surface area contributed by atoms with Crippen LogP contribution in [-0.2, 0) is 0 Å². The van der Waals surface area contributed by atoms with E-state index in [0.717, 1.165) is 12.8 Å². The normalized spacial score (nSPS) is 16.5. The molecule has 1 aliphatic carbocycles. The molecule has 0 radical (unpaired) electrons. The number of likely N-dealkylation sites (tertiary alicyclic amines) is 1. The van der Waals surface area contributed by atoms with Crippen molar-refractivity contribution < 1.29 is 31.5 Å². The minimum absolute atomic E-state index is 0.0221. The van der Waals surface area contributed by atoms with Gasteiger partial charge in [-0.2, -0.15) is 13.2 Å². The summed E-state index contributed by atoms with van der Waals surface area (Å²) < 4.78 is 72.5. The highest BCUT2D eigenvalue weighted by Crippen LogP contribution is 2.49. The third-order valence-corrected chi connectivity index (χ3v) is 8.13. The van der Waals surface area contributed by atoms with Crippen molar-refractivity contribution in [2.75, 3.05) is 51.0 Å². The van der Waals surface area contributed by atoms with Crippen LogP contribution >= 0.6 is 11.8 Å². The zero-order chi connectivity index (χ0) is 30.1. The Morgan fingerprint density at radius 2 is 2.00 bits per heavy atom. The predicted octanol–water partition coefficient (Wildman–Crippen LogP) is 4.92. The number of fused-ring (bicyclic) bond motifs is 1. The number of ether oxygens (including phenoxy) is 1. The number of nitrogens with one attached hydrogen (secondary N) is 3. The van der Waals surface area contributed by atoms with Crippen molar-refractivity contribution in [3.05, 3.63) is 47.8 Å². The first-order chi connectivity index (χ1) is 20.0. The molecule has 2 aromatic heterocycles. The van der Waals surface area contributed by atoms with Crippen LogP contribution in [0.3, 0.4) is 0 Å². The van der Waals surface area contributed by atoms with E-state index in [2.05, 4.69) is 32.8 Å². The highest BCUT2D eigenvalue weighted by Gasteiger charge is 2.52. The maximum Gasteiger partial charge on any atom is 0.447 e. The van der Waals surface area contributed by atoms with Gasteiger partial charge in [-0.15, -0.1) is 0 Å². The molecule has 1 spiro atoms. The molecule has 1 aliphatic heterocycles. The van der Waals surface area contributed by atoms with Crippen molar-refractivity contribution in [2.24, 2.45) is 5.41 Å². The number of methoxy groups -OCH3 is 1. The lowest BCUT2D eigenvalue weighted by atomic mass is 9.60. The van der Waals surface area contributed by atoms with E-state index in [1.54, 1.807) is 35.2 Å². The Bertz CT molecular complexity index is 1520. The van der Waals surface area contributed by atoms with Crippen molar-refractivity contribution >= 4 is 34.7 Å². The Morgan fingerprint density at radius 1 is 1.24 bits per heavy atom. The zero-order valence-corrected chi connectivity index (χ0v) is 23.6. The largest absolute Gasteiger partial charge is 0.495 e. The summed E-state index contributed by atoms with van der Waals surface area (Å²) >= 11 is -0.285. The van der Waals surface area contributed by atoms with Gasteiger partial charge in [0, 0.05) is 49.7 Å². The molecule has 224 valence electrons. The molecule has 42 heavy (non-hydrogen) atoms. The van der Waals surface area contributed by atoms with E-state index in [0.29, 0.717) is 41.4 Å². The maximum atomic E-state index is 13.5. The van der Waals surface area contributed by atoms with Gasteiger partial charge in [-0.25, -0.2) is 13.8 Å². The molecular weight excluding hydrogens is 579 g/mol. The fourth-order valence-electron chi connectivity index (χ4n) is 5.64. The molecule has 3 N–H and O–H groups in total. The molecule has 3 heterocycles. The second-order valence-corrected chi connectivity index (χ2v) is 11.4. The second kappa shape index (κ2) is 11.9. The molecular formula is C28H29F5N6O2S. The smallest absolute Gasteiger partial charge is 0.447 e. The fourth-order valence-corrected chi connectivity index (χ4v) is 6.30. The van der Waals surface area contributed by atoms with Gasteiger partial charge in [0.25, 0.3) is 12.3 Å². The van der Waals surface area contributed by atoms with Crippen LogP contribution in [-0.4, -0.2) is 78.5 Å². The standard InChI is InChI=1S/C28H29F5N6O2S/c1-34-25(40)17-7-8-22(41-2)21(11-17)35-9-3-5-20-26(42-28(31,32)33)39-10-4-6-19(24(39)37-20)36-18-12-27(13-18)15-38(16-27)14-23(29)30/h4,6-8,10-11,18,23,35-36H,9,12-16H2,1-2H3,(H,34,40). The highest BCUT2D eigenvalue weighted by atomic mass is 32.2. The topological polar surface area (TPSA) is 82.9 Å². The molecule has 0 bridgehead atoms. The van der Waals surface area contributed by atoms with Crippen LogP contribution in [0.1, 0.15) is 28.9 Å². The minimum Gasteiger partial charge on any atom is -0.495 e. The summed E-state index contributed by atoms with van der Waals surface area (Å²) in [4.78, 5) is 18.2. The van der Waals surface area contributed by atoms with Crippen molar-refractivity contribution in [3.63, 3.8) is 0 Å². The zero-order valence-electron chi connectivity index (χ0n) is 22.8. The van der Waals surface area contributed by atoms with Gasteiger partial charge >= 0.3 is 5.51 Å². The number of aromatic nitrogens is 2. The molecule has 1 saturated heterocycles. The third kappa shape index (κ3) is 6.52. The first kappa shape index (κ1) is 29.8. The number of carbonyl (C=O) groups is 1. The average molecular weight is 609 g/mol. The Hall–Kier alpha value is -3.70. The number of pyridine rings is 1. The van der Waals surface area contributed by atoms with E-state index in [-0.39, 0.29) is 52.9 Å². The summed E-state index contributed by atoms with van der Waals surface area (Å²) in [6.07, 6.45) is 0.744. The number of rotatable bonds is 9. The van der Waals surface area contributed by atoms with Gasteiger partial charge in [-0.1, -0.05) is 5.92 Å². The van der Waals surface area contributed by atoms with E-state index < -0.39 is 11.9 Å².